The number of rotatable bonds is 7. The third-order valence-corrected chi connectivity index (χ3v) is 3.34. The van der Waals surface area contributed by atoms with Crippen molar-refractivity contribution in [1.82, 2.24) is 10.2 Å². The fraction of sp³-hybridized carbons (Fsp3) is 0.857. The second-order valence-corrected chi connectivity index (χ2v) is 5.62. The second-order valence-electron chi connectivity index (χ2n) is 5.62. The van der Waals surface area contributed by atoms with Gasteiger partial charge in [0.05, 0.1) is 13.2 Å². The summed E-state index contributed by atoms with van der Waals surface area (Å²) in [5.41, 5.74) is 5.64. The molecule has 1 saturated heterocycles. The minimum atomic E-state index is -0.0947. The van der Waals surface area contributed by atoms with E-state index < -0.39 is 0 Å². The summed E-state index contributed by atoms with van der Waals surface area (Å²) in [7, 11) is 0. The lowest BCUT2D eigenvalue weighted by molar-refractivity contribution is -0.137. The Kier molecular flexibility index (Phi) is 10.4. The summed E-state index contributed by atoms with van der Waals surface area (Å²) in [6, 6.07) is 0.000915. The van der Waals surface area contributed by atoms with Crippen LogP contribution >= 0.6 is 12.4 Å². The molecule has 1 aliphatic rings. The highest BCUT2D eigenvalue weighted by atomic mass is 35.5. The molecule has 1 rings (SSSR count). The summed E-state index contributed by atoms with van der Waals surface area (Å²) in [6.45, 7) is 7.04. The van der Waals surface area contributed by atoms with Crippen molar-refractivity contribution in [2.45, 2.75) is 39.2 Å². The van der Waals surface area contributed by atoms with Gasteiger partial charge in [0.25, 0.3) is 0 Å². The lowest BCUT2D eigenvalue weighted by Crippen LogP contribution is -2.43. The van der Waals surface area contributed by atoms with Crippen LogP contribution in [0.5, 0.6) is 0 Å². The van der Waals surface area contributed by atoms with Gasteiger partial charge in [-0.05, 0) is 12.3 Å². The van der Waals surface area contributed by atoms with Gasteiger partial charge >= 0.3 is 0 Å². The maximum Gasteiger partial charge on any atom is 0.223 e. The molecule has 0 saturated carbocycles. The fourth-order valence-corrected chi connectivity index (χ4v) is 2.27. The number of morpholine rings is 1. The molecule has 0 spiro atoms. The largest absolute Gasteiger partial charge is 0.378 e. The maximum absolute atomic E-state index is 11.9. The smallest absolute Gasteiger partial charge is 0.223 e. The number of carbonyl (C=O) groups is 2. The van der Waals surface area contributed by atoms with E-state index in [1.807, 2.05) is 0 Å². The van der Waals surface area contributed by atoms with Crippen molar-refractivity contribution >= 4 is 24.2 Å². The first-order valence-electron chi connectivity index (χ1n) is 7.38. The molecule has 3 N–H and O–H groups in total. The van der Waals surface area contributed by atoms with E-state index in [4.69, 9.17) is 10.5 Å². The number of nitrogens with zero attached hydrogens (tertiary/aromatic N) is 1. The van der Waals surface area contributed by atoms with E-state index in [0.717, 1.165) is 6.42 Å². The van der Waals surface area contributed by atoms with Crippen molar-refractivity contribution in [2.24, 2.45) is 11.7 Å². The van der Waals surface area contributed by atoms with Crippen LogP contribution in [0.2, 0.25) is 0 Å². The Morgan fingerprint density at radius 1 is 1.24 bits per heavy atom. The van der Waals surface area contributed by atoms with Crippen LogP contribution in [0.3, 0.4) is 0 Å². The van der Waals surface area contributed by atoms with Crippen LogP contribution in [-0.2, 0) is 14.3 Å². The van der Waals surface area contributed by atoms with E-state index in [1.54, 1.807) is 4.90 Å². The molecule has 21 heavy (non-hydrogen) atoms. The van der Waals surface area contributed by atoms with Crippen molar-refractivity contribution < 1.29 is 14.3 Å². The van der Waals surface area contributed by atoms with E-state index in [2.05, 4.69) is 19.2 Å². The summed E-state index contributed by atoms with van der Waals surface area (Å²) in [5, 5.41) is 2.90. The quantitative estimate of drug-likeness (QED) is 0.716. The molecule has 124 valence electrons. The molecule has 2 amide bonds. The number of hydrogen-bond donors (Lipinski definition) is 2. The second kappa shape index (κ2) is 10.8. The zero-order valence-electron chi connectivity index (χ0n) is 13.0. The first kappa shape index (κ1) is 20.1. The Balaban J connectivity index is 0.00000400. The number of carbonyl (C=O) groups excluding carboxylic acids is 2. The van der Waals surface area contributed by atoms with Gasteiger partial charge in [0, 0.05) is 38.5 Å². The molecule has 0 aliphatic carbocycles. The van der Waals surface area contributed by atoms with Crippen molar-refractivity contribution in [3.8, 4) is 0 Å². The first-order valence-corrected chi connectivity index (χ1v) is 7.38. The van der Waals surface area contributed by atoms with Gasteiger partial charge in [-0.2, -0.15) is 0 Å². The average Bonchev–Trinajstić information content (AvgIpc) is 2.44. The van der Waals surface area contributed by atoms with Gasteiger partial charge in [0.1, 0.15) is 0 Å². The molecule has 1 aliphatic heterocycles. The number of nitrogens with one attached hydrogen (secondary N) is 1. The van der Waals surface area contributed by atoms with E-state index in [9.17, 15) is 9.59 Å². The molecular formula is C14H28ClN3O3. The molecule has 1 atom stereocenters. The summed E-state index contributed by atoms with van der Waals surface area (Å²) in [5.74, 6) is 0.415. The summed E-state index contributed by atoms with van der Waals surface area (Å²) >= 11 is 0. The third-order valence-electron chi connectivity index (χ3n) is 3.34. The first-order chi connectivity index (χ1) is 9.52. The predicted molar refractivity (Wildman–Crippen MR) is 84.3 cm³/mol. The van der Waals surface area contributed by atoms with Gasteiger partial charge in [0.2, 0.25) is 11.8 Å². The molecule has 7 heteroatoms. The Morgan fingerprint density at radius 2 is 1.86 bits per heavy atom. The van der Waals surface area contributed by atoms with Crippen molar-refractivity contribution in [3.63, 3.8) is 0 Å². The minimum absolute atomic E-state index is 0. The normalized spacial score (nSPS) is 16.3. The zero-order valence-corrected chi connectivity index (χ0v) is 13.8. The third kappa shape index (κ3) is 8.24. The highest BCUT2D eigenvalue weighted by Gasteiger charge is 2.18. The van der Waals surface area contributed by atoms with E-state index in [-0.39, 0.29) is 43.1 Å². The number of ether oxygens (including phenoxy) is 1. The van der Waals surface area contributed by atoms with Crippen molar-refractivity contribution in [1.29, 1.82) is 0 Å². The van der Waals surface area contributed by atoms with Crippen molar-refractivity contribution in [2.75, 3.05) is 32.8 Å². The summed E-state index contributed by atoms with van der Waals surface area (Å²) in [4.78, 5) is 25.5. The SMILES string of the molecule is CC(C)CC(CN)NC(=O)CCC(=O)N1CCOCC1.Cl. The van der Waals surface area contributed by atoms with Crippen LogP contribution in [0, 0.1) is 5.92 Å². The molecule has 1 fully saturated rings. The molecule has 1 unspecified atom stereocenters. The van der Waals surface area contributed by atoms with Crippen LogP contribution in [-0.4, -0.2) is 55.6 Å². The van der Waals surface area contributed by atoms with Crippen LogP contribution in [0.4, 0.5) is 0 Å². The van der Waals surface area contributed by atoms with E-state index in [0.29, 0.717) is 38.8 Å². The zero-order chi connectivity index (χ0) is 15.0. The van der Waals surface area contributed by atoms with E-state index >= 15 is 0 Å². The molecule has 0 radical (unpaired) electrons. The molecule has 0 aromatic heterocycles. The molecule has 0 bridgehead atoms. The predicted octanol–water partition coefficient (Wildman–Crippen LogP) is 0.537. The monoisotopic (exact) mass is 321 g/mol. The maximum atomic E-state index is 11.9. The van der Waals surface area contributed by atoms with Crippen LogP contribution in [0.25, 0.3) is 0 Å². The lowest BCUT2D eigenvalue weighted by atomic mass is 10.0. The highest BCUT2D eigenvalue weighted by Crippen LogP contribution is 2.05. The molecular weight excluding hydrogens is 294 g/mol. The molecule has 0 aromatic carbocycles. The van der Waals surface area contributed by atoms with E-state index in [1.165, 1.54) is 0 Å². The highest BCUT2D eigenvalue weighted by molar-refractivity contribution is 5.85. The number of halogens is 1. The lowest BCUT2D eigenvalue weighted by Gasteiger charge is -2.27. The van der Waals surface area contributed by atoms with Gasteiger partial charge in [-0.15, -0.1) is 12.4 Å². The van der Waals surface area contributed by atoms with Gasteiger partial charge in [-0.3, -0.25) is 9.59 Å². The molecule has 0 aromatic rings. The summed E-state index contributed by atoms with van der Waals surface area (Å²) < 4.78 is 5.19. The number of hydrogen-bond acceptors (Lipinski definition) is 4. The Morgan fingerprint density at radius 3 is 2.38 bits per heavy atom. The number of nitrogens with two attached hydrogens (primary N) is 1. The number of amides is 2. The Labute approximate surface area is 133 Å². The Hall–Kier alpha value is -0.850. The van der Waals surface area contributed by atoms with Crippen LogP contribution in [0.15, 0.2) is 0 Å². The van der Waals surface area contributed by atoms with Gasteiger partial charge in [-0.25, -0.2) is 0 Å². The van der Waals surface area contributed by atoms with Gasteiger partial charge < -0.3 is 20.7 Å². The molecule has 1 heterocycles. The van der Waals surface area contributed by atoms with Gasteiger partial charge in [0.15, 0.2) is 0 Å². The van der Waals surface area contributed by atoms with Crippen LogP contribution in [0.1, 0.15) is 33.1 Å². The minimum Gasteiger partial charge on any atom is -0.378 e. The molecule has 6 nitrogen and oxygen atoms in total. The van der Waals surface area contributed by atoms with Crippen molar-refractivity contribution in [3.05, 3.63) is 0 Å². The standard InChI is InChI=1S/C14H27N3O3.ClH/c1-11(2)9-12(10-15)16-13(18)3-4-14(19)17-5-7-20-8-6-17;/h11-12H,3-10,15H2,1-2H3,(H,16,18);1H. The summed E-state index contributed by atoms with van der Waals surface area (Å²) in [6.07, 6.45) is 1.34. The topological polar surface area (TPSA) is 84.7 Å². The van der Waals surface area contributed by atoms with Crippen LogP contribution < -0.4 is 11.1 Å². The fourth-order valence-electron chi connectivity index (χ4n) is 2.27. The Bertz CT molecular complexity index is 321. The average molecular weight is 322 g/mol. The van der Waals surface area contributed by atoms with Gasteiger partial charge in [-0.1, -0.05) is 13.8 Å².